The van der Waals surface area contributed by atoms with Crippen LogP contribution in [-0.2, 0) is 16.6 Å². The molecule has 0 aliphatic rings. The minimum absolute atomic E-state index is 0.0562. The monoisotopic (exact) mass is 361 g/mol. The van der Waals surface area contributed by atoms with Gasteiger partial charge in [-0.3, -0.25) is 4.72 Å². The highest BCUT2D eigenvalue weighted by Gasteiger charge is 2.18. The molecule has 1 aromatic carbocycles. The number of aryl methyl sites for hydroxylation is 1. The van der Waals surface area contributed by atoms with Gasteiger partial charge in [0.15, 0.2) is 0 Å². The Hall–Kier alpha value is -1.38. The summed E-state index contributed by atoms with van der Waals surface area (Å²) in [5.41, 5.74) is 6.82. The minimum Gasteiger partial charge on any atom is -0.363 e. The van der Waals surface area contributed by atoms with Gasteiger partial charge in [-0.25, -0.2) is 12.8 Å². The maximum atomic E-state index is 13.5. The Morgan fingerprint density at radius 3 is 2.70 bits per heavy atom. The van der Waals surface area contributed by atoms with E-state index in [0.717, 1.165) is 6.07 Å². The Labute approximate surface area is 124 Å². The van der Waals surface area contributed by atoms with Crippen molar-refractivity contribution in [1.29, 1.82) is 0 Å². The fraction of sp³-hybridized carbons (Fsp3) is 0.167. The number of nitrogens with one attached hydrogen (secondary N) is 2. The number of sulfonamides is 1. The molecular weight excluding hydrogens is 349 g/mol. The average molecular weight is 362 g/mol. The lowest BCUT2D eigenvalue weighted by molar-refractivity contribution is 0.601. The van der Waals surface area contributed by atoms with E-state index in [-0.39, 0.29) is 21.6 Å². The predicted octanol–water partition coefficient (Wildman–Crippen LogP) is 2.48. The Balaban J connectivity index is 2.35. The molecule has 2 rings (SSSR count). The molecule has 20 heavy (non-hydrogen) atoms. The summed E-state index contributed by atoms with van der Waals surface area (Å²) in [6.45, 7) is 1.89. The Bertz CT molecular complexity index is 743. The molecule has 0 aliphatic carbocycles. The second-order valence-electron chi connectivity index (χ2n) is 4.25. The van der Waals surface area contributed by atoms with Crippen molar-refractivity contribution in [3.63, 3.8) is 0 Å². The molecule has 8 heteroatoms. The summed E-state index contributed by atoms with van der Waals surface area (Å²) in [6.07, 6.45) is 1.34. The molecule has 4 N–H and O–H groups in total. The van der Waals surface area contributed by atoms with Crippen LogP contribution in [0.15, 0.2) is 33.8 Å². The Morgan fingerprint density at radius 2 is 2.10 bits per heavy atom. The molecule has 0 saturated heterocycles. The van der Waals surface area contributed by atoms with E-state index >= 15 is 0 Å². The topological polar surface area (TPSA) is 88.0 Å². The molecule has 108 valence electrons. The minimum atomic E-state index is -3.77. The first kappa shape index (κ1) is 15.0. The van der Waals surface area contributed by atoms with Crippen LogP contribution in [0.4, 0.5) is 10.1 Å². The molecule has 0 atom stereocenters. The Morgan fingerprint density at radius 1 is 1.40 bits per heavy atom. The first-order chi connectivity index (χ1) is 9.33. The van der Waals surface area contributed by atoms with Gasteiger partial charge in [-0.05, 0) is 46.6 Å². The number of halogens is 2. The van der Waals surface area contributed by atoms with Gasteiger partial charge in [0.25, 0.3) is 10.0 Å². The molecule has 2 aromatic rings. The number of nitrogens with two attached hydrogens (primary N) is 1. The van der Waals surface area contributed by atoms with Crippen LogP contribution >= 0.6 is 15.9 Å². The highest BCUT2D eigenvalue weighted by molar-refractivity contribution is 9.10. The highest BCUT2D eigenvalue weighted by atomic mass is 79.9. The third-order valence-electron chi connectivity index (χ3n) is 2.76. The number of aromatic amines is 1. The van der Waals surface area contributed by atoms with Crippen molar-refractivity contribution in [2.75, 3.05) is 4.72 Å². The van der Waals surface area contributed by atoms with Gasteiger partial charge in [-0.1, -0.05) is 0 Å². The number of hydrogen-bond donors (Lipinski definition) is 3. The van der Waals surface area contributed by atoms with E-state index in [4.69, 9.17) is 5.73 Å². The van der Waals surface area contributed by atoms with Gasteiger partial charge >= 0.3 is 0 Å². The molecule has 0 saturated carbocycles. The van der Waals surface area contributed by atoms with Gasteiger partial charge in [0.2, 0.25) is 0 Å². The summed E-state index contributed by atoms with van der Waals surface area (Å²) >= 11 is 3.05. The van der Waals surface area contributed by atoms with Gasteiger partial charge in [-0.2, -0.15) is 0 Å². The number of rotatable bonds is 4. The van der Waals surface area contributed by atoms with Crippen LogP contribution in [0.1, 0.15) is 11.3 Å². The second kappa shape index (κ2) is 5.55. The number of aromatic nitrogens is 1. The summed E-state index contributed by atoms with van der Waals surface area (Å²) in [4.78, 5) is 2.81. The van der Waals surface area contributed by atoms with Crippen LogP contribution in [0.3, 0.4) is 0 Å². The lowest BCUT2D eigenvalue weighted by Crippen LogP contribution is -2.13. The zero-order chi connectivity index (χ0) is 14.9. The van der Waals surface area contributed by atoms with Gasteiger partial charge in [0.1, 0.15) is 10.7 Å². The number of H-pyrrole nitrogens is 1. The van der Waals surface area contributed by atoms with Crippen LogP contribution in [0.5, 0.6) is 0 Å². The third-order valence-corrected chi connectivity index (χ3v) is 4.71. The van der Waals surface area contributed by atoms with E-state index in [9.17, 15) is 12.8 Å². The van der Waals surface area contributed by atoms with Crippen molar-refractivity contribution in [2.45, 2.75) is 18.4 Å². The summed E-state index contributed by atoms with van der Waals surface area (Å²) in [7, 11) is -3.77. The fourth-order valence-corrected chi connectivity index (χ4v) is 3.25. The molecule has 0 spiro atoms. The maximum absolute atomic E-state index is 13.5. The highest BCUT2D eigenvalue weighted by Crippen LogP contribution is 2.26. The van der Waals surface area contributed by atoms with Crippen LogP contribution in [0.2, 0.25) is 0 Å². The number of hydrogen-bond acceptors (Lipinski definition) is 3. The van der Waals surface area contributed by atoms with Gasteiger partial charge < -0.3 is 10.7 Å². The Kier molecular flexibility index (Phi) is 4.17. The first-order valence-corrected chi connectivity index (χ1v) is 7.97. The average Bonchev–Trinajstić information content (AvgIpc) is 2.85. The predicted molar refractivity (Wildman–Crippen MR) is 78.3 cm³/mol. The smallest absolute Gasteiger partial charge is 0.263 e. The second-order valence-corrected chi connectivity index (χ2v) is 6.79. The van der Waals surface area contributed by atoms with Gasteiger partial charge in [-0.15, -0.1) is 0 Å². The van der Waals surface area contributed by atoms with Crippen molar-refractivity contribution in [1.82, 2.24) is 4.98 Å². The summed E-state index contributed by atoms with van der Waals surface area (Å²) in [5.74, 6) is -0.537. The van der Waals surface area contributed by atoms with Crippen LogP contribution in [-0.4, -0.2) is 13.4 Å². The standard InChI is InChI=1S/C12H13BrFN3O2S/c1-7-2-10(13)11(14)4-12(7)17-20(18,19)9-3-8(5-15)16-6-9/h2-4,6,16-17H,5,15H2,1H3. The van der Waals surface area contributed by atoms with E-state index in [1.807, 2.05) is 0 Å². The molecule has 5 nitrogen and oxygen atoms in total. The molecule has 0 aliphatic heterocycles. The molecule has 1 heterocycles. The molecule has 0 amide bonds. The van der Waals surface area contributed by atoms with Crippen molar-refractivity contribution in [3.8, 4) is 0 Å². The van der Waals surface area contributed by atoms with E-state index in [1.165, 1.54) is 18.3 Å². The zero-order valence-corrected chi connectivity index (χ0v) is 13.0. The van der Waals surface area contributed by atoms with E-state index in [0.29, 0.717) is 11.3 Å². The van der Waals surface area contributed by atoms with E-state index in [2.05, 4.69) is 25.6 Å². The number of benzene rings is 1. The largest absolute Gasteiger partial charge is 0.363 e. The zero-order valence-electron chi connectivity index (χ0n) is 10.6. The van der Waals surface area contributed by atoms with Crippen LogP contribution in [0.25, 0.3) is 0 Å². The van der Waals surface area contributed by atoms with Crippen LogP contribution < -0.4 is 10.5 Å². The van der Waals surface area contributed by atoms with Gasteiger partial charge in [0, 0.05) is 18.4 Å². The first-order valence-electron chi connectivity index (χ1n) is 5.69. The van der Waals surface area contributed by atoms with E-state index < -0.39 is 15.8 Å². The quantitative estimate of drug-likeness (QED) is 0.781. The molecular formula is C12H13BrFN3O2S. The molecule has 0 radical (unpaired) electrons. The molecule has 0 unspecified atom stereocenters. The summed E-state index contributed by atoms with van der Waals surface area (Å²) in [5, 5.41) is 0. The maximum Gasteiger partial charge on any atom is 0.263 e. The van der Waals surface area contributed by atoms with Crippen molar-refractivity contribution < 1.29 is 12.8 Å². The van der Waals surface area contributed by atoms with Crippen molar-refractivity contribution >= 4 is 31.6 Å². The number of anilines is 1. The lowest BCUT2D eigenvalue weighted by atomic mass is 10.2. The lowest BCUT2D eigenvalue weighted by Gasteiger charge is -2.10. The van der Waals surface area contributed by atoms with Gasteiger partial charge in [0.05, 0.1) is 10.2 Å². The van der Waals surface area contributed by atoms with E-state index in [1.54, 1.807) is 6.92 Å². The molecule has 0 fully saturated rings. The molecule has 0 bridgehead atoms. The SMILES string of the molecule is Cc1cc(Br)c(F)cc1NS(=O)(=O)c1c[nH]c(CN)c1. The van der Waals surface area contributed by atoms with Crippen molar-refractivity contribution in [3.05, 3.63) is 45.9 Å². The fourth-order valence-electron chi connectivity index (χ4n) is 1.65. The summed E-state index contributed by atoms with van der Waals surface area (Å²) < 4.78 is 40.5. The van der Waals surface area contributed by atoms with Crippen molar-refractivity contribution in [2.24, 2.45) is 5.73 Å². The summed E-state index contributed by atoms with van der Waals surface area (Å²) in [6, 6.07) is 4.08. The third kappa shape index (κ3) is 3.02. The van der Waals surface area contributed by atoms with Crippen LogP contribution in [0, 0.1) is 12.7 Å². The normalized spacial score (nSPS) is 11.6. The molecule has 1 aromatic heterocycles.